The number of carbonyl (C=O) groups is 2. The molecule has 24 heavy (non-hydrogen) atoms. The van der Waals surface area contributed by atoms with Gasteiger partial charge >= 0.3 is 0 Å². The number of thioether (sulfide) groups is 1. The average molecular weight is 366 g/mol. The van der Waals surface area contributed by atoms with Gasteiger partial charge in [-0.2, -0.15) is 0 Å². The van der Waals surface area contributed by atoms with Gasteiger partial charge in [-0.1, -0.05) is 62.9 Å². The van der Waals surface area contributed by atoms with Gasteiger partial charge in [-0.25, -0.2) is 0 Å². The van der Waals surface area contributed by atoms with Crippen LogP contribution in [0.5, 0.6) is 0 Å². The highest BCUT2D eigenvalue weighted by atomic mass is 32.2. The molecule has 4 nitrogen and oxygen atoms in total. The van der Waals surface area contributed by atoms with Gasteiger partial charge in [0, 0.05) is 5.56 Å². The Morgan fingerprint density at radius 3 is 2.33 bits per heavy atom. The Hall–Kier alpha value is -1.11. The molecule has 1 N–H and O–H groups in total. The molecule has 0 aliphatic carbocycles. The minimum absolute atomic E-state index is 0.0230. The van der Waals surface area contributed by atoms with Gasteiger partial charge in [0.2, 0.25) is 11.0 Å². The van der Waals surface area contributed by atoms with Gasteiger partial charge in [-0.15, -0.1) is 0 Å². The minimum Gasteiger partial charge on any atom is -0.413 e. The van der Waals surface area contributed by atoms with Crippen molar-refractivity contribution in [1.29, 1.82) is 0 Å². The normalized spacial score (nSPS) is 22.5. The predicted molar refractivity (Wildman–Crippen MR) is 102 cm³/mol. The van der Waals surface area contributed by atoms with E-state index >= 15 is 0 Å². The van der Waals surface area contributed by atoms with Crippen LogP contribution in [0.2, 0.25) is 18.1 Å². The number of β-lactam (4-membered cyclic amide) rings is 1. The first-order valence-corrected chi connectivity index (χ1v) is 12.1. The van der Waals surface area contributed by atoms with Crippen molar-refractivity contribution in [2.24, 2.45) is 5.92 Å². The van der Waals surface area contributed by atoms with Crippen molar-refractivity contribution in [2.75, 3.05) is 0 Å². The van der Waals surface area contributed by atoms with E-state index in [4.69, 9.17) is 4.43 Å². The van der Waals surface area contributed by atoms with Crippen LogP contribution in [0.15, 0.2) is 30.3 Å². The third kappa shape index (κ3) is 4.10. The van der Waals surface area contributed by atoms with Crippen molar-refractivity contribution in [2.45, 2.75) is 57.3 Å². The number of benzene rings is 1. The summed E-state index contributed by atoms with van der Waals surface area (Å²) in [5.41, 5.74) is 0.653. The van der Waals surface area contributed by atoms with E-state index in [1.807, 2.05) is 25.1 Å². The molecule has 2 rings (SSSR count). The van der Waals surface area contributed by atoms with Crippen LogP contribution >= 0.6 is 11.8 Å². The minimum atomic E-state index is -1.95. The lowest BCUT2D eigenvalue weighted by molar-refractivity contribution is -0.136. The molecule has 1 heterocycles. The Bertz CT molecular complexity index is 612. The number of hydrogen-bond acceptors (Lipinski definition) is 4. The first-order chi connectivity index (χ1) is 11.0. The van der Waals surface area contributed by atoms with Crippen LogP contribution in [0.4, 0.5) is 0 Å². The lowest BCUT2D eigenvalue weighted by atomic mass is 9.96. The summed E-state index contributed by atoms with van der Waals surface area (Å²) in [4.78, 5) is 24.4. The van der Waals surface area contributed by atoms with E-state index in [1.54, 1.807) is 12.1 Å². The topological polar surface area (TPSA) is 55.4 Å². The predicted octanol–water partition coefficient (Wildman–Crippen LogP) is 4.04. The Morgan fingerprint density at radius 1 is 1.25 bits per heavy atom. The third-order valence-corrected chi connectivity index (χ3v) is 10.6. The van der Waals surface area contributed by atoms with Crippen molar-refractivity contribution in [3.05, 3.63) is 35.9 Å². The summed E-state index contributed by atoms with van der Waals surface area (Å²) in [7, 11) is -1.95. The van der Waals surface area contributed by atoms with Crippen molar-refractivity contribution < 1.29 is 14.0 Å². The summed E-state index contributed by atoms with van der Waals surface area (Å²) in [6.07, 6.45) is -0.194. The van der Waals surface area contributed by atoms with Crippen LogP contribution in [0.1, 0.15) is 38.1 Å². The molecule has 0 radical (unpaired) electrons. The molecule has 0 aromatic heterocycles. The quantitative estimate of drug-likeness (QED) is 0.632. The Kier molecular flexibility index (Phi) is 5.62. The zero-order valence-corrected chi connectivity index (χ0v) is 17.1. The molecule has 0 spiro atoms. The summed E-state index contributed by atoms with van der Waals surface area (Å²) >= 11 is 1.18. The van der Waals surface area contributed by atoms with E-state index in [0.717, 1.165) is 0 Å². The molecule has 1 aromatic rings. The van der Waals surface area contributed by atoms with Crippen LogP contribution in [0, 0.1) is 5.92 Å². The zero-order chi connectivity index (χ0) is 18.1. The van der Waals surface area contributed by atoms with Gasteiger partial charge in [0.05, 0.1) is 17.4 Å². The first kappa shape index (κ1) is 19.2. The van der Waals surface area contributed by atoms with Crippen molar-refractivity contribution >= 4 is 31.1 Å². The Labute approximate surface area is 149 Å². The van der Waals surface area contributed by atoms with Crippen molar-refractivity contribution in [3.8, 4) is 0 Å². The molecule has 1 amide bonds. The Morgan fingerprint density at radius 2 is 1.83 bits per heavy atom. The standard InChI is InChI=1S/C18H27NO3SSi/c1-12(22-24(5,6)18(2,3)4)14-15(20)19-16(14)23-17(21)13-10-8-7-9-11-13/h7-12,14,16H,1-6H3,(H,19,20)/t12-,14+,16-/m1/s1. The molecule has 1 aliphatic rings. The zero-order valence-electron chi connectivity index (χ0n) is 15.3. The smallest absolute Gasteiger partial charge is 0.229 e. The van der Waals surface area contributed by atoms with Crippen LogP contribution in [0.25, 0.3) is 0 Å². The molecule has 6 heteroatoms. The maximum atomic E-state index is 12.3. The van der Waals surface area contributed by atoms with Crippen LogP contribution in [-0.4, -0.2) is 30.8 Å². The van der Waals surface area contributed by atoms with Crippen molar-refractivity contribution in [3.63, 3.8) is 0 Å². The fourth-order valence-electron chi connectivity index (χ4n) is 2.40. The van der Waals surface area contributed by atoms with E-state index < -0.39 is 8.32 Å². The highest BCUT2D eigenvalue weighted by Crippen LogP contribution is 2.40. The van der Waals surface area contributed by atoms with Gasteiger partial charge in [0.25, 0.3) is 0 Å². The second-order valence-electron chi connectivity index (χ2n) is 7.81. The second-order valence-corrected chi connectivity index (χ2v) is 13.7. The molecule has 132 valence electrons. The number of rotatable bonds is 5. The SMILES string of the molecule is C[C@@H](O[Si](C)(C)C(C)(C)C)[C@H]1C(=O)N[C@@H]1SC(=O)c1ccccc1. The maximum absolute atomic E-state index is 12.3. The van der Waals surface area contributed by atoms with Gasteiger partial charge in [-0.3, -0.25) is 9.59 Å². The molecule has 1 saturated heterocycles. The van der Waals surface area contributed by atoms with Gasteiger partial charge < -0.3 is 9.74 Å². The van der Waals surface area contributed by atoms with E-state index in [9.17, 15) is 9.59 Å². The van der Waals surface area contributed by atoms with Gasteiger partial charge in [0.1, 0.15) is 0 Å². The summed E-state index contributed by atoms with van der Waals surface area (Å²) < 4.78 is 6.35. The third-order valence-electron chi connectivity index (χ3n) is 4.95. The number of hydrogen-bond donors (Lipinski definition) is 1. The number of nitrogens with one attached hydrogen (secondary N) is 1. The monoisotopic (exact) mass is 365 g/mol. The molecule has 0 saturated carbocycles. The fourth-order valence-corrected chi connectivity index (χ4v) is 5.00. The van der Waals surface area contributed by atoms with Crippen LogP contribution in [-0.2, 0) is 9.22 Å². The highest BCUT2D eigenvalue weighted by molar-refractivity contribution is 8.14. The van der Waals surface area contributed by atoms with Crippen molar-refractivity contribution in [1.82, 2.24) is 5.32 Å². The summed E-state index contributed by atoms with van der Waals surface area (Å²) in [6.45, 7) is 12.8. The van der Waals surface area contributed by atoms with Gasteiger partial charge in [-0.05, 0) is 25.1 Å². The lowest BCUT2D eigenvalue weighted by Crippen LogP contribution is -2.62. The molecule has 1 aliphatic heterocycles. The summed E-state index contributed by atoms with van der Waals surface area (Å²) in [5.74, 6) is -0.309. The largest absolute Gasteiger partial charge is 0.413 e. The molecular formula is C18H27NO3SSi. The molecule has 3 atom stereocenters. The first-order valence-electron chi connectivity index (χ1n) is 8.27. The Balaban J connectivity index is 2.02. The molecule has 1 fully saturated rings. The average Bonchev–Trinajstić information content (AvgIpc) is 2.45. The molecular weight excluding hydrogens is 338 g/mol. The molecule has 1 aromatic carbocycles. The molecule has 0 unspecified atom stereocenters. The number of amides is 1. The molecule has 0 bridgehead atoms. The van der Waals surface area contributed by atoms with E-state index in [2.05, 4.69) is 39.2 Å². The van der Waals surface area contributed by atoms with Gasteiger partial charge in [0.15, 0.2) is 8.32 Å². The fraction of sp³-hybridized carbons (Fsp3) is 0.556. The van der Waals surface area contributed by atoms with Crippen LogP contribution < -0.4 is 5.32 Å². The lowest BCUT2D eigenvalue weighted by Gasteiger charge is -2.44. The highest BCUT2D eigenvalue weighted by Gasteiger charge is 2.48. The van der Waals surface area contributed by atoms with E-state index in [-0.39, 0.29) is 33.5 Å². The van der Waals surface area contributed by atoms with E-state index in [1.165, 1.54) is 11.8 Å². The maximum Gasteiger partial charge on any atom is 0.229 e. The second kappa shape index (κ2) is 7.02. The summed E-state index contributed by atoms with van der Waals surface area (Å²) in [6, 6.07) is 9.15. The van der Waals surface area contributed by atoms with E-state index in [0.29, 0.717) is 5.56 Å². The summed E-state index contributed by atoms with van der Waals surface area (Å²) in [5, 5.41) is 2.68. The number of carbonyl (C=O) groups excluding carboxylic acids is 2. The van der Waals surface area contributed by atoms with Crippen LogP contribution in [0.3, 0.4) is 0 Å².